The first-order chi connectivity index (χ1) is 13.0. The smallest absolute Gasteiger partial charge is 0.331 e. The van der Waals surface area contributed by atoms with Crippen LogP contribution in [0.3, 0.4) is 0 Å². The summed E-state index contributed by atoms with van der Waals surface area (Å²) in [4.78, 5) is 38.1. The maximum Gasteiger partial charge on any atom is 0.331 e. The van der Waals surface area contributed by atoms with Gasteiger partial charge in [0.05, 0.1) is 0 Å². The van der Waals surface area contributed by atoms with Crippen LogP contribution < -0.4 is 16.6 Å². The molecule has 1 aromatic heterocycles. The van der Waals surface area contributed by atoms with E-state index in [1.807, 2.05) is 6.07 Å². The summed E-state index contributed by atoms with van der Waals surface area (Å²) in [5.41, 5.74) is -0.719. The van der Waals surface area contributed by atoms with Crippen molar-refractivity contribution in [3.63, 3.8) is 0 Å². The lowest BCUT2D eigenvalue weighted by Crippen LogP contribution is -2.60. The van der Waals surface area contributed by atoms with Crippen molar-refractivity contribution in [2.75, 3.05) is 0 Å². The van der Waals surface area contributed by atoms with Crippen molar-refractivity contribution in [2.45, 2.75) is 70.0 Å². The van der Waals surface area contributed by atoms with Crippen LogP contribution in [0, 0.1) is 29.1 Å². The van der Waals surface area contributed by atoms with Gasteiger partial charge in [0, 0.05) is 17.8 Å². The quantitative estimate of drug-likeness (QED) is 0.858. The highest BCUT2D eigenvalue weighted by Crippen LogP contribution is 2.55. The Bertz CT molecular complexity index is 945. The number of aromatic nitrogens is 2. The molecule has 0 saturated heterocycles. The molecule has 7 heteroatoms. The molecule has 142 valence electrons. The van der Waals surface area contributed by atoms with Gasteiger partial charge in [-0.1, -0.05) is 0 Å². The summed E-state index contributed by atoms with van der Waals surface area (Å²) in [6, 6.07) is 1.94. The normalized spacial score (nSPS) is 32.9. The number of nitriles is 1. The van der Waals surface area contributed by atoms with E-state index in [4.69, 9.17) is 0 Å². The fourth-order valence-electron chi connectivity index (χ4n) is 6.63. The van der Waals surface area contributed by atoms with Gasteiger partial charge in [0.25, 0.3) is 5.56 Å². The number of rotatable bonds is 3. The van der Waals surface area contributed by atoms with Crippen molar-refractivity contribution in [1.29, 1.82) is 5.26 Å². The Balaban J connectivity index is 1.42. The minimum atomic E-state index is -0.628. The van der Waals surface area contributed by atoms with Crippen LogP contribution in [0.4, 0.5) is 0 Å². The van der Waals surface area contributed by atoms with E-state index in [9.17, 15) is 19.6 Å². The van der Waals surface area contributed by atoms with Gasteiger partial charge in [-0.15, -0.1) is 0 Å². The Kier molecular flexibility index (Phi) is 3.62. The van der Waals surface area contributed by atoms with E-state index in [2.05, 4.69) is 5.32 Å². The van der Waals surface area contributed by atoms with Crippen LogP contribution in [0.2, 0.25) is 0 Å². The van der Waals surface area contributed by atoms with Gasteiger partial charge >= 0.3 is 5.69 Å². The molecule has 1 N–H and O–H groups in total. The van der Waals surface area contributed by atoms with Crippen molar-refractivity contribution in [1.82, 2.24) is 14.5 Å². The predicted octanol–water partition coefficient (Wildman–Crippen LogP) is 0.913. The lowest BCUT2D eigenvalue weighted by molar-refractivity contribution is -0.127. The Hall–Kier alpha value is -2.36. The first-order valence-electron chi connectivity index (χ1n) is 10.1. The zero-order valence-corrected chi connectivity index (χ0v) is 15.4. The van der Waals surface area contributed by atoms with Crippen molar-refractivity contribution in [3.8, 4) is 6.07 Å². The molecule has 4 fully saturated rings. The molecule has 6 rings (SSSR count). The first-order valence-corrected chi connectivity index (χ1v) is 10.1. The minimum absolute atomic E-state index is 0.00899. The summed E-state index contributed by atoms with van der Waals surface area (Å²) >= 11 is 0. The SMILES string of the molecule is N#Cc1c2n(c(=O)n(CC(=O)NC34CC5CC(CC(C5)C3)C4)c1=O)CCC2. The molecule has 4 bridgehead atoms. The van der Waals surface area contributed by atoms with Gasteiger partial charge in [0.2, 0.25) is 5.91 Å². The van der Waals surface area contributed by atoms with E-state index in [-0.39, 0.29) is 23.6 Å². The van der Waals surface area contributed by atoms with Crippen LogP contribution in [-0.2, 0) is 24.3 Å². The van der Waals surface area contributed by atoms with E-state index < -0.39 is 11.2 Å². The number of carbonyl (C=O) groups is 1. The van der Waals surface area contributed by atoms with Gasteiger partial charge in [-0.3, -0.25) is 14.2 Å². The molecule has 0 radical (unpaired) electrons. The summed E-state index contributed by atoms with van der Waals surface area (Å²) in [6.45, 7) is 0.202. The topological polar surface area (TPSA) is 96.9 Å². The van der Waals surface area contributed by atoms with E-state index in [1.54, 1.807) is 0 Å². The number of nitrogens with zero attached hydrogens (tertiary/aromatic N) is 3. The molecular weight excluding hydrogens is 344 g/mol. The van der Waals surface area contributed by atoms with Gasteiger partial charge in [0.1, 0.15) is 18.2 Å². The van der Waals surface area contributed by atoms with Crippen LogP contribution in [0.1, 0.15) is 56.2 Å². The van der Waals surface area contributed by atoms with Gasteiger partial charge in [0.15, 0.2) is 0 Å². The summed E-state index contributed by atoms with van der Waals surface area (Å²) in [5.74, 6) is 1.83. The summed E-state index contributed by atoms with van der Waals surface area (Å²) < 4.78 is 2.43. The van der Waals surface area contributed by atoms with Gasteiger partial charge < -0.3 is 5.32 Å². The molecule has 27 heavy (non-hydrogen) atoms. The van der Waals surface area contributed by atoms with E-state index in [0.29, 0.717) is 36.4 Å². The fourth-order valence-corrected chi connectivity index (χ4v) is 6.63. The highest BCUT2D eigenvalue weighted by atomic mass is 16.2. The second-order valence-corrected chi connectivity index (χ2v) is 9.11. The van der Waals surface area contributed by atoms with Crippen molar-refractivity contribution >= 4 is 5.91 Å². The number of carbonyl (C=O) groups excluding carboxylic acids is 1. The average molecular weight is 368 g/mol. The highest BCUT2D eigenvalue weighted by molar-refractivity contribution is 5.76. The van der Waals surface area contributed by atoms with Crippen LogP contribution in [-0.4, -0.2) is 20.6 Å². The molecular formula is C20H24N4O3. The second kappa shape index (κ2) is 5.82. The highest BCUT2D eigenvalue weighted by Gasteiger charge is 2.51. The van der Waals surface area contributed by atoms with Crippen molar-refractivity contribution in [2.24, 2.45) is 17.8 Å². The first kappa shape index (κ1) is 16.8. The third kappa shape index (κ3) is 2.57. The Morgan fingerprint density at radius 1 is 1.15 bits per heavy atom. The van der Waals surface area contributed by atoms with Gasteiger partial charge in [-0.05, 0) is 69.1 Å². The number of fused-ring (bicyclic) bond motifs is 1. The number of nitrogens with one attached hydrogen (secondary N) is 1. The number of hydrogen-bond acceptors (Lipinski definition) is 4. The van der Waals surface area contributed by atoms with Gasteiger partial charge in [-0.25, -0.2) is 9.36 Å². The molecule has 1 aliphatic heterocycles. The second-order valence-electron chi connectivity index (χ2n) is 9.11. The van der Waals surface area contributed by atoms with E-state index in [0.717, 1.165) is 30.3 Å². The lowest BCUT2D eigenvalue weighted by atomic mass is 9.53. The standard InChI is InChI=1S/C20H24N4O3/c21-10-15-16-2-1-3-23(16)19(27)24(18(15)26)11-17(25)22-20-7-12-4-13(8-20)6-14(5-12)9-20/h12-14H,1-9,11H2,(H,22,25). The summed E-state index contributed by atoms with van der Waals surface area (Å²) in [6.07, 6.45) is 8.22. The Morgan fingerprint density at radius 3 is 2.37 bits per heavy atom. The zero-order valence-electron chi connectivity index (χ0n) is 15.4. The molecule has 1 amide bonds. The average Bonchev–Trinajstić information content (AvgIpc) is 3.07. The van der Waals surface area contributed by atoms with Crippen LogP contribution in [0.25, 0.3) is 0 Å². The van der Waals surface area contributed by atoms with Crippen molar-refractivity contribution in [3.05, 3.63) is 32.1 Å². The molecule has 4 aliphatic carbocycles. The summed E-state index contributed by atoms with van der Waals surface area (Å²) in [5, 5.41) is 12.6. The molecule has 0 unspecified atom stereocenters. The van der Waals surface area contributed by atoms with Crippen LogP contribution >= 0.6 is 0 Å². The van der Waals surface area contributed by atoms with E-state index >= 15 is 0 Å². The molecule has 0 spiro atoms. The zero-order chi connectivity index (χ0) is 18.8. The monoisotopic (exact) mass is 368 g/mol. The maximum absolute atomic E-state index is 12.8. The number of amides is 1. The van der Waals surface area contributed by atoms with Crippen LogP contribution in [0.15, 0.2) is 9.59 Å². The Morgan fingerprint density at radius 2 is 1.78 bits per heavy atom. The van der Waals surface area contributed by atoms with Gasteiger partial charge in [-0.2, -0.15) is 5.26 Å². The Labute approximate surface area is 157 Å². The molecule has 2 heterocycles. The third-order valence-electron chi connectivity index (χ3n) is 7.19. The minimum Gasteiger partial charge on any atom is -0.349 e. The molecule has 0 aromatic carbocycles. The molecule has 0 atom stereocenters. The maximum atomic E-state index is 12.8. The summed E-state index contributed by atoms with van der Waals surface area (Å²) in [7, 11) is 0. The van der Waals surface area contributed by atoms with Crippen molar-refractivity contribution < 1.29 is 4.79 Å². The molecule has 4 saturated carbocycles. The fraction of sp³-hybridized carbons (Fsp3) is 0.700. The van der Waals surface area contributed by atoms with Crippen LogP contribution in [0.5, 0.6) is 0 Å². The van der Waals surface area contributed by atoms with E-state index in [1.165, 1.54) is 23.8 Å². The number of hydrogen-bond donors (Lipinski definition) is 1. The predicted molar refractivity (Wildman–Crippen MR) is 97.0 cm³/mol. The lowest BCUT2D eigenvalue weighted by Gasteiger charge is -2.56. The molecule has 1 aromatic rings. The largest absolute Gasteiger partial charge is 0.349 e. The molecule has 7 nitrogen and oxygen atoms in total. The third-order valence-corrected chi connectivity index (χ3v) is 7.19. The molecule has 5 aliphatic rings.